The molecule has 2 rings (SSSR count). The van der Waals surface area contributed by atoms with Gasteiger partial charge < -0.3 is 4.74 Å². The Balaban J connectivity index is 2.20. The number of rotatable bonds is 5. The molecule has 20 heavy (non-hydrogen) atoms. The van der Waals surface area contributed by atoms with E-state index in [2.05, 4.69) is 5.10 Å². The lowest BCUT2D eigenvalue weighted by molar-refractivity contribution is 0.101. The number of benzene rings is 1. The van der Waals surface area contributed by atoms with E-state index >= 15 is 0 Å². The minimum Gasteiger partial charge on any atom is -0.487 e. The van der Waals surface area contributed by atoms with Crippen molar-refractivity contribution in [3.05, 3.63) is 47.0 Å². The molecule has 0 unspecified atom stereocenters. The van der Waals surface area contributed by atoms with Gasteiger partial charge in [-0.15, -0.1) is 0 Å². The van der Waals surface area contributed by atoms with Gasteiger partial charge in [-0.05, 0) is 45.0 Å². The van der Waals surface area contributed by atoms with Crippen molar-refractivity contribution in [1.82, 2.24) is 9.78 Å². The summed E-state index contributed by atoms with van der Waals surface area (Å²) >= 11 is 0. The molecule has 0 aliphatic rings. The summed E-state index contributed by atoms with van der Waals surface area (Å²) < 4.78 is 20.7. The largest absolute Gasteiger partial charge is 0.487 e. The van der Waals surface area contributed by atoms with E-state index in [1.54, 1.807) is 0 Å². The van der Waals surface area contributed by atoms with Crippen molar-refractivity contribution in [3.63, 3.8) is 0 Å². The summed E-state index contributed by atoms with van der Waals surface area (Å²) in [5, 5.41) is 4.32. The van der Waals surface area contributed by atoms with Gasteiger partial charge >= 0.3 is 0 Å². The van der Waals surface area contributed by atoms with Gasteiger partial charge in [0.1, 0.15) is 18.2 Å². The molecule has 0 saturated heterocycles. The maximum atomic E-state index is 13.2. The van der Waals surface area contributed by atoms with Crippen LogP contribution in [-0.2, 0) is 13.2 Å². The van der Waals surface area contributed by atoms with E-state index in [-0.39, 0.29) is 11.3 Å². The smallest absolute Gasteiger partial charge is 0.163 e. The fourth-order valence-corrected chi connectivity index (χ4v) is 2.04. The van der Waals surface area contributed by atoms with Gasteiger partial charge in [0.05, 0.1) is 17.0 Å². The van der Waals surface area contributed by atoms with Crippen LogP contribution in [0.4, 0.5) is 4.39 Å². The van der Waals surface area contributed by atoms with Crippen LogP contribution in [0.15, 0.2) is 24.3 Å². The lowest BCUT2D eigenvalue weighted by Crippen LogP contribution is -2.08. The molecule has 4 nitrogen and oxygen atoms in total. The first-order valence-electron chi connectivity index (χ1n) is 6.48. The number of Topliss-reactive ketones (excluding diaryl/α,β-unsaturated/α-hetero) is 1. The van der Waals surface area contributed by atoms with Crippen LogP contribution in [0.3, 0.4) is 0 Å². The van der Waals surface area contributed by atoms with Gasteiger partial charge in [-0.1, -0.05) is 0 Å². The van der Waals surface area contributed by atoms with Crippen LogP contribution in [0.2, 0.25) is 0 Å². The van der Waals surface area contributed by atoms with E-state index < -0.39 is 5.82 Å². The Kier molecular flexibility index (Phi) is 4.17. The van der Waals surface area contributed by atoms with E-state index in [0.717, 1.165) is 17.9 Å². The number of ether oxygens (including phenoxy) is 1. The average molecular weight is 276 g/mol. The van der Waals surface area contributed by atoms with Gasteiger partial charge in [-0.25, -0.2) is 4.39 Å². The molecule has 2 aromatic rings. The van der Waals surface area contributed by atoms with Gasteiger partial charge in [0.15, 0.2) is 5.78 Å². The van der Waals surface area contributed by atoms with Gasteiger partial charge in [-0.3, -0.25) is 9.48 Å². The van der Waals surface area contributed by atoms with Crippen molar-refractivity contribution in [2.45, 2.75) is 33.9 Å². The van der Waals surface area contributed by atoms with Gasteiger partial charge in [0, 0.05) is 6.54 Å². The highest BCUT2D eigenvalue weighted by Gasteiger charge is 2.11. The van der Waals surface area contributed by atoms with Crippen molar-refractivity contribution < 1.29 is 13.9 Å². The quantitative estimate of drug-likeness (QED) is 0.788. The molecular weight excluding hydrogens is 259 g/mol. The Hall–Kier alpha value is -2.17. The normalized spacial score (nSPS) is 10.6. The zero-order valence-corrected chi connectivity index (χ0v) is 11.8. The second-order valence-electron chi connectivity index (χ2n) is 4.58. The zero-order valence-electron chi connectivity index (χ0n) is 11.8. The minimum absolute atomic E-state index is 0.223. The third-order valence-electron chi connectivity index (χ3n) is 2.98. The summed E-state index contributed by atoms with van der Waals surface area (Å²) in [6.07, 6.45) is 0. The molecule has 0 N–H and O–H groups in total. The van der Waals surface area contributed by atoms with Crippen molar-refractivity contribution in [1.29, 1.82) is 0 Å². The summed E-state index contributed by atoms with van der Waals surface area (Å²) in [5.41, 5.74) is 2.09. The fraction of sp³-hybridized carbons (Fsp3) is 0.333. The Bertz CT molecular complexity index is 635. The molecule has 0 aliphatic heterocycles. The number of aryl methyl sites for hydroxylation is 2. The van der Waals surface area contributed by atoms with Gasteiger partial charge in [-0.2, -0.15) is 5.10 Å². The van der Waals surface area contributed by atoms with Crippen molar-refractivity contribution >= 4 is 5.78 Å². The second-order valence-corrected chi connectivity index (χ2v) is 4.58. The first kappa shape index (κ1) is 14.2. The standard InChI is InChI=1S/C15H17FN2O2/c1-4-18-13(7-10(2)17-18)9-20-15-6-5-12(16)8-14(15)11(3)19/h5-8H,4,9H2,1-3H3. The molecule has 1 aromatic carbocycles. The molecular formula is C15H17FN2O2. The number of carbonyl (C=O) groups excluding carboxylic acids is 1. The number of hydrogen-bond acceptors (Lipinski definition) is 3. The van der Waals surface area contributed by atoms with E-state index in [1.807, 2.05) is 24.6 Å². The molecule has 0 fully saturated rings. The number of nitrogens with zero attached hydrogens (tertiary/aromatic N) is 2. The molecule has 0 aliphatic carbocycles. The average Bonchev–Trinajstić information content (AvgIpc) is 2.77. The maximum Gasteiger partial charge on any atom is 0.163 e. The van der Waals surface area contributed by atoms with E-state index in [9.17, 15) is 9.18 Å². The highest BCUT2D eigenvalue weighted by molar-refractivity contribution is 5.96. The molecule has 1 aromatic heterocycles. The third-order valence-corrected chi connectivity index (χ3v) is 2.98. The Morgan fingerprint density at radius 3 is 2.80 bits per heavy atom. The second kappa shape index (κ2) is 5.86. The molecule has 0 amide bonds. The Labute approximate surface area is 117 Å². The van der Waals surface area contributed by atoms with E-state index in [4.69, 9.17) is 4.74 Å². The molecule has 0 saturated carbocycles. The molecule has 5 heteroatoms. The van der Waals surface area contributed by atoms with Crippen LogP contribution < -0.4 is 4.74 Å². The molecule has 1 heterocycles. The lowest BCUT2D eigenvalue weighted by Gasteiger charge is -2.10. The monoisotopic (exact) mass is 276 g/mol. The van der Waals surface area contributed by atoms with Crippen LogP contribution in [0, 0.1) is 12.7 Å². The number of carbonyl (C=O) groups is 1. The number of halogens is 1. The summed E-state index contributed by atoms with van der Waals surface area (Å²) in [7, 11) is 0. The number of ketones is 1. The summed E-state index contributed by atoms with van der Waals surface area (Å²) in [4.78, 5) is 11.5. The van der Waals surface area contributed by atoms with Gasteiger partial charge in [0.2, 0.25) is 0 Å². The van der Waals surface area contributed by atoms with Crippen molar-refractivity contribution in [2.24, 2.45) is 0 Å². The third kappa shape index (κ3) is 3.04. The van der Waals surface area contributed by atoms with Crippen molar-refractivity contribution in [3.8, 4) is 5.75 Å². The topological polar surface area (TPSA) is 44.1 Å². The molecule has 106 valence electrons. The first-order valence-corrected chi connectivity index (χ1v) is 6.48. The first-order chi connectivity index (χ1) is 9.51. The number of aromatic nitrogens is 2. The number of hydrogen-bond donors (Lipinski definition) is 0. The predicted octanol–water partition coefficient (Wildman–Crippen LogP) is 3.13. The molecule has 0 atom stereocenters. The summed E-state index contributed by atoms with van der Waals surface area (Å²) in [6.45, 7) is 6.33. The fourth-order valence-electron chi connectivity index (χ4n) is 2.04. The molecule has 0 radical (unpaired) electrons. The Morgan fingerprint density at radius 1 is 1.40 bits per heavy atom. The Morgan fingerprint density at radius 2 is 2.15 bits per heavy atom. The maximum absolute atomic E-state index is 13.2. The predicted molar refractivity (Wildman–Crippen MR) is 73.4 cm³/mol. The molecule has 0 bridgehead atoms. The SMILES string of the molecule is CCn1nc(C)cc1COc1ccc(F)cc1C(C)=O. The summed E-state index contributed by atoms with van der Waals surface area (Å²) in [5.74, 6) is -0.280. The minimum atomic E-state index is -0.447. The van der Waals surface area contributed by atoms with Crippen LogP contribution in [0.25, 0.3) is 0 Å². The van der Waals surface area contributed by atoms with E-state index in [1.165, 1.54) is 25.1 Å². The molecule has 0 spiro atoms. The highest BCUT2D eigenvalue weighted by Crippen LogP contribution is 2.21. The van der Waals surface area contributed by atoms with Crippen LogP contribution in [0.5, 0.6) is 5.75 Å². The van der Waals surface area contributed by atoms with Gasteiger partial charge in [0.25, 0.3) is 0 Å². The van der Waals surface area contributed by atoms with Crippen molar-refractivity contribution in [2.75, 3.05) is 0 Å². The van der Waals surface area contributed by atoms with Crippen LogP contribution >= 0.6 is 0 Å². The van der Waals surface area contributed by atoms with E-state index in [0.29, 0.717) is 12.4 Å². The summed E-state index contributed by atoms with van der Waals surface area (Å²) in [6, 6.07) is 5.89. The van der Waals surface area contributed by atoms with Crippen LogP contribution in [0.1, 0.15) is 35.6 Å². The van der Waals surface area contributed by atoms with Crippen LogP contribution in [-0.4, -0.2) is 15.6 Å². The zero-order chi connectivity index (χ0) is 14.7. The highest BCUT2D eigenvalue weighted by atomic mass is 19.1. The lowest BCUT2D eigenvalue weighted by atomic mass is 10.1.